The predicted octanol–water partition coefficient (Wildman–Crippen LogP) is 4.56. The van der Waals surface area contributed by atoms with Crippen LogP contribution in [0.15, 0.2) is 46.9 Å². The van der Waals surface area contributed by atoms with Gasteiger partial charge in [0, 0.05) is 30.0 Å². The Balaban J connectivity index is 2.09. The van der Waals surface area contributed by atoms with Crippen LogP contribution in [0.3, 0.4) is 0 Å². The second kappa shape index (κ2) is 8.02. The molecule has 0 unspecified atom stereocenters. The molecule has 2 aromatic carbocycles. The van der Waals surface area contributed by atoms with Gasteiger partial charge in [-0.3, -0.25) is 4.79 Å². The van der Waals surface area contributed by atoms with Crippen LogP contribution in [-0.2, 0) is 0 Å². The quantitative estimate of drug-likeness (QED) is 0.803. The van der Waals surface area contributed by atoms with Gasteiger partial charge in [-0.05, 0) is 72.2 Å². The first-order valence-corrected chi connectivity index (χ1v) is 8.38. The maximum Gasteiger partial charge on any atom is 0.255 e. The minimum atomic E-state index is -0.149. The molecule has 0 atom stereocenters. The number of hydrogen-bond acceptors (Lipinski definition) is 3. The fraction of sp³-hybridized carbons (Fsp3) is 0.278. The molecule has 0 saturated carbocycles. The summed E-state index contributed by atoms with van der Waals surface area (Å²) >= 11 is 3.39. The maximum atomic E-state index is 12.3. The van der Waals surface area contributed by atoms with Crippen molar-refractivity contribution >= 4 is 33.2 Å². The molecule has 0 aliphatic rings. The van der Waals surface area contributed by atoms with Gasteiger partial charge in [-0.15, -0.1) is 0 Å². The lowest BCUT2D eigenvalue weighted by Crippen LogP contribution is -2.21. The van der Waals surface area contributed by atoms with Gasteiger partial charge in [-0.2, -0.15) is 0 Å². The number of hydrogen-bond donors (Lipinski definition) is 1. The Morgan fingerprint density at radius 2 is 1.78 bits per heavy atom. The summed E-state index contributed by atoms with van der Waals surface area (Å²) in [4.78, 5) is 14.6. The van der Waals surface area contributed by atoms with Crippen molar-refractivity contribution in [3.8, 4) is 5.75 Å². The van der Waals surface area contributed by atoms with Crippen molar-refractivity contribution in [1.82, 2.24) is 0 Å². The van der Waals surface area contributed by atoms with E-state index in [1.807, 2.05) is 24.3 Å². The van der Waals surface area contributed by atoms with Crippen molar-refractivity contribution in [2.24, 2.45) is 0 Å². The van der Waals surface area contributed by atoms with Crippen LogP contribution < -0.4 is 15.0 Å². The Kier molecular flexibility index (Phi) is 6.04. The third-order valence-electron chi connectivity index (χ3n) is 3.67. The van der Waals surface area contributed by atoms with E-state index in [2.05, 4.69) is 40.0 Å². The lowest BCUT2D eigenvalue weighted by molar-refractivity contribution is 0.102. The van der Waals surface area contributed by atoms with Gasteiger partial charge in [0.15, 0.2) is 0 Å². The minimum absolute atomic E-state index is 0.149. The molecule has 5 heteroatoms. The molecule has 2 rings (SSSR count). The molecule has 2 aromatic rings. The summed E-state index contributed by atoms with van der Waals surface area (Å²) in [5.41, 5.74) is 2.50. The molecule has 0 aromatic heterocycles. The fourth-order valence-electron chi connectivity index (χ4n) is 2.36. The largest absolute Gasteiger partial charge is 0.496 e. The molecule has 0 heterocycles. The standard InChI is InChI=1S/C18H21BrN2O2/c1-4-21(5-2)15-9-7-14(8-10-15)20-18(22)13-6-11-17(23-3)16(19)12-13/h6-12H,4-5H2,1-3H3,(H,20,22). The number of methoxy groups -OCH3 is 1. The van der Waals surface area contributed by atoms with E-state index < -0.39 is 0 Å². The predicted molar refractivity (Wildman–Crippen MR) is 98.7 cm³/mol. The Labute approximate surface area is 145 Å². The molecular weight excluding hydrogens is 356 g/mol. The lowest BCUT2D eigenvalue weighted by Gasteiger charge is -2.21. The zero-order valence-electron chi connectivity index (χ0n) is 13.6. The zero-order valence-corrected chi connectivity index (χ0v) is 15.2. The van der Waals surface area contributed by atoms with Gasteiger partial charge in [-0.1, -0.05) is 0 Å². The molecule has 0 saturated heterocycles. The smallest absolute Gasteiger partial charge is 0.255 e. The van der Waals surface area contributed by atoms with E-state index in [-0.39, 0.29) is 5.91 Å². The van der Waals surface area contributed by atoms with Gasteiger partial charge in [0.25, 0.3) is 5.91 Å². The summed E-state index contributed by atoms with van der Waals surface area (Å²) in [6.07, 6.45) is 0. The van der Waals surface area contributed by atoms with E-state index in [0.717, 1.165) is 28.9 Å². The molecule has 1 amide bonds. The molecule has 122 valence electrons. The normalized spacial score (nSPS) is 10.3. The van der Waals surface area contributed by atoms with Crippen LogP contribution in [0.1, 0.15) is 24.2 Å². The first-order chi connectivity index (χ1) is 11.1. The number of anilines is 2. The van der Waals surface area contributed by atoms with Crippen molar-refractivity contribution in [1.29, 1.82) is 0 Å². The minimum Gasteiger partial charge on any atom is -0.496 e. The van der Waals surface area contributed by atoms with Gasteiger partial charge in [0.05, 0.1) is 11.6 Å². The van der Waals surface area contributed by atoms with Crippen LogP contribution in [0.2, 0.25) is 0 Å². The fourth-order valence-corrected chi connectivity index (χ4v) is 2.90. The number of amides is 1. The third kappa shape index (κ3) is 4.26. The Morgan fingerprint density at radius 1 is 1.13 bits per heavy atom. The average Bonchev–Trinajstić information content (AvgIpc) is 2.57. The van der Waals surface area contributed by atoms with Crippen molar-refractivity contribution in [2.75, 3.05) is 30.4 Å². The van der Waals surface area contributed by atoms with E-state index in [9.17, 15) is 4.79 Å². The molecule has 0 radical (unpaired) electrons. The van der Waals surface area contributed by atoms with Gasteiger partial charge in [0.1, 0.15) is 5.75 Å². The zero-order chi connectivity index (χ0) is 16.8. The Bertz CT molecular complexity index is 667. The first-order valence-electron chi connectivity index (χ1n) is 7.59. The van der Waals surface area contributed by atoms with Crippen molar-refractivity contribution in [3.63, 3.8) is 0 Å². The second-order valence-electron chi connectivity index (χ2n) is 5.02. The second-order valence-corrected chi connectivity index (χ2v) is 5.88. The summed E-state index contributed by atoms with van der Waals surface area (Å²) in [6.45, 7) is 6.17. The van der Waals surface area contributed by atoms with E-state index in [0.29, 0.717) is 11.3 Å². The third-order valence-corrected chi connectivity index (χ3v) is 4.29. The van der Waals surface area contributed by atoms with Gasteiger partial charge in [-0.25, -0.2) is 0 Å². The van der Waals surface area contributed by atoms with Crippen LogP contribution in [0, 0.1) is 0 Å². The van der Waals surface area contributed by atoms with Gasteiger partial charge < -0.3 is 15.0 Å². The van der Waals surface area contributed by atoms with Crippen LogP contribution in [0.5, 0.6) is 5.75 Å². The van der Waals surface area contributed by atoms with Crippen LogP contribution in [-0.4, -0.2) is 26.1 Å². The van der Waals surface area contributed by atoms with E-state index >= 15 is 0 Å². The maximum absolute atomic E-state index is 12.3. The topological polar surface area (TPSA) is 41.6 Å². The summed E-state index contributed by atoms with van der Waals surface area (Å²) in [5.74, 6) is 0.550. The van der Waals surface area contributed by atoms with Gasteiger partial charge in [0.2, 0.25) is 0 Å². The number of ether oxygens (including phenoxy) is 1. The number of benzene rings is 2. The molecule has 0 aliphatic heterocycles. The number of rotatable bonds is 6. The summed E-state index contributed by atoms with van der Waals surface area (Å²) in [6, 6.07) is 13.1. The van der Waals surface area contributed by atoms with E-state index in [1.165, 1.54) is 0 Å². The SMILES string of the molecule is CCN(CC)c1ccc(NC(=O)c2ccc(OC)c(Br)c2)cc1. The molecule has 0 aliphatic carbocycles. The van der Waals surface area contributed by atoms with Crippen molar-refractivity contribution in [3.05, 3.63) is 52.5 Å². The highest BCUT2D eigenvalue weighted by atomic mass is 79.9. The molecule has 4 nitrogen and oxygen atoms in total. The molecular formula is C18H21BrN2O2. The highest BCUT2D eigenvalue weighted by molar-refractivity contribution is 9.10. The van der Waals surface area contributed by atoms with Gasteiger partial charge >= 0.3 is 0 Å². The van der Waals surface area contributed by atoms with E-state index in [4.69, 9.17) is 4.74 Å². The highest BCUT2D eigenvalue weighted by Crippen LogP contribution is 2.26. The number of nitrogens with zero attached hydrogens (tertiary/aromatic N) is 1. The summed E-state index contributed by atoms with van der Waals surface area (Å²) in [5, 5.41) is 2.91. The van der Waals surface area contributed by atoms with Crippen LogP contribution in [0.25, 0.3) is 0 Å². The molecule has 0 fully saturated rings. The number of nitrogens with one attached hydrogen (secondary N) is 1. The van der Waals surface area contributed by atoms with Crippen molar-refractivity contribution in [2.45, 2.75) is 13.8 Å². The van der Waals surface area contributed by atoms with Crippen LogP contribution >= 0.6 is 15.9 Å². The average molecular weight is 377 g/mol. The number of carbonyl (C=O) groups excluding carboxylic acids is 1. The Morgan fingerprint density at radius 3 is 2.30 bits per heavy atom. The molecule has 0 bridgehead atoms. The van der Waals surface area contributed by atoms with Crippen LogP contribution in [0.4, 0.5) is 11.4 Å². The molecule has 0 spiro atoms. The summed E-state index contributed by atoms with van der Waals surface area (Å²) < 4.78 is 5.93. The summed E-state index contributed by atoms with van der Waals surface area (Å²) in [7, 11) is 1.59. The molecule has 1 N–H and O–H groups in total. The van der Waals surface area contributed by atoms with Crippen molar-refractivity contribution < 1.29 is 9.53 Å². The molecule has 23 heavy (non-hydrogen) atoms. The monoisotopic (exact) mass is 376 g/mol. The lowest BCUT2D eigenvalue weighted by atomic mass is 10.2. The highest BCUT2D eigenvalue weighted by Gasteiger charge is 2.09. The number of halogens is 1. The van der Waals surface area contributed by atoms with E-state index in [1.54, 1.807) is 25.3 Å². The number of carbonyl (C=O) groups is 1. The first kappa shape index (κ1) is 17.3. The Hall–Kier alpha value is -2.01.